The minimum absolute atomic E-state index is 0.295. The number of rotatable bonds is 5. The molecule has 0 saturated carbocycles. The lowest BCUT2D eigenvalue weighted by Crippen LogP contribution is -2.02. The Morgan fingerprint density at radius 3 is 2.74 bits per heavy atom. The number of aromatic nitrogens is 5. The molecule has 0 radical (unpaired) electrons. The summed E-state index contributed by atoms with van der Waals surface area (Å²) in [5.74, 6) is 0.403. The summed E-state index contributed by atoms with van der Waals surface area (Å²) >= 11 is 0. The van der Waals surface area contributed by atoms with Crippen LogP contribution in [0.3, 0.4) is 0 Å². The number of nitrogens with one attached hydrogen (secondary N) is 2. The number of hydrogen-bond acceptors (Lipinski definition) is 4. The van der Waals surface area contributed by atoms with Crippen molar-refractivity contribution in [2.45, 2.75) is 13.5 Å². The first-order valence-corrected chi connectivity index (χ1v) is 10.0. The second-order valence-electron chi connectivity index (χ2n) is 7.45. The van der Waals surface area contributed by atoms with Gasteiger partial charge in [-0.25, -0.2) is 9.37 Å². The average Bonchev–Trinajstić information content (AvgIpc) is 3.37. The van der Waals surface area contributed by atoms with Crippen LogP contribution >= 0.6 is 0 Å². The largest absolute Gasteiger partial charge is 0.375 e. The Balaban J connectivity index is 1.57. The maximum atomic E-state index is 14.0. The quantitative estimate of drug-likeness (QED) is 0.422. The summed E-state index contributed by atoms with van der Waals surface area (Å²) in [6.07, 6.45) is 1.84. The molecule has 0 spiro atoms. The van der Waals surface area contributed by atoms with Crippen LogP contribution in [0.2, 0.25) is 0 Å². The van der Waals surface area contributed by atoms with Gasteiger partial charge in [0.25, 0.3) is 0 Å². The van der Waals surface area contributed by atoms with Gasteiger partial charge in [-0.1, -0.05) is 24.3 Å². The molecule has 0 aliphatic heterocycles. The fourth-order valence-electron chi connectivity index (χ4n) is 3.68. The van der Waals surface area contributed by atoms with Gasteiger partial charge in [0, 0.05) is 23.7 Å². The van der Waals surface area contributed by atoms with Crippen molar-refractivity contribution >= 4 is 16.6 Å². The highest BCUT2D eigenvalue weighted by Gasteiger charge is 2.16. The lowest BCUT2D eigenvalue weighted by Gasteiger charge is -2.05. The van der Waals surface area contributed by atoms with E-state index in [0.29, 0.717) is 18.1 Å². The Hall–Kier alpha value is -4.00. The summed E-state index contributed by atoms with van der Waals surface area (Å²) in [4.78, 5) is 12.9. The van der Waals surface area contributed by atoms with Crippen molar-refractivity contribution in [2.24, 2.45) is 7.05 Å². The van der Waals surface area contributed by atoms with Crippen LogP contribution in [0.5, 0.6) is 0 Å². The maximum Gasteiger partial charge on any atom is 0.146 e. The van der Waals surface area contributed by atoms with Gasteiger partial charge in [0.15, 0.2) is 0 Å². The number of imidazole rings is 1. The van der Waals surface area contributed by atoms with E-state index >= 15 is 0 Å². The minimum atomic E-state index is -0.295. The highest BCUT2D eigenvalue weighted by molar-refractivity contribution is 5.87. The summed E-state index contributed by atoms with van der Waals surface area (Å²) < 4.78 is 15.8. The highest BCUT2D eigenvalue weighted by Crippen LogP contribution is 2.31. The van der Waals surface area contributed by atoms with Crippen LogP contribution < -0.4 is 5.32 Å². The van der Waals surface area contributed by atoms with Crippen LogP contribution in [-0.4, -0.2) is 24.7 Å². The van der Waals surface area contributed by atoms with Crippen molar-refractivity contribution in [3.05, 3.63) is 84.2 Å². The van der Waals surface area contributed by atoms with Crippen LogP contribution in [-0.2, 0) is 13.6 Å². The Labute approximate surface area is 178 Å². The zero-order valence-corrected chi connectivity index (χ0v) is 17.2. The minimum Gasteiger partial charge on any atom is -0.375 e. The molecule has 2 N–H and O–H groups in total. The normalized spacial score (nSPS) is 11.2. The van der Waals surface area contributed by atoms with Crippen LogP contribution in [0, 0.1) is 12.7 Å². The first kappa shape index (κ1) is 19.0. The molecule has 3 aromatic heterocycles. The summed E-state index contributed by atoms with van der Waals surface area (Å²) in [7, 11) is 1.92. The molecule has 154 valence electrons. The van der Waals surface area contributed by atoms with Crippen LogP contribution in [0.1, 0.15) is 11.5 Å². The molecule has 2 aromatic carbocycles. The predicted octanol–water partition coefficient (Wildman–Crippen LogP) is 5.09. The number of aryl methyl sites for hydroxylation is 2. The first-order valence-electron chi connectivity index (χ1n) is 10.0. The van der Waals surface area contributed by atoms with E-state index in [-0.39, 0.29) is 5.82 Å². The standard InChI is InChI=1S/C24H21FN6/c1-15-6-5-9-20(28-15)24-23(16-10-11-21-17(12-16)13-27-31(21)2)29-22(30-24)14-26-19-8-4-3-7-18(19)25/h3-13,26H,14H2,1-2H3,(H,29,30). The predicted molar refractivity (Wildman–Crippen MR) is 120 cm³/mol. The third kappa shape index (κ3) is 3.66. The van der Waals surface area contributed by atoms with E-state index in [1.54, 1.807) is 18.2 Å². The van der Waals surface area contributed by atoms with E-state index in [9.17, 15) is 4.39 Å². The van der Waals surface area contributed by atoms with Crippen molar-refractivity contribution in [3.63, 3.8) is 0 Å². The number of halogens is 1. The molecule has 7 heteroatoms. The number of aromatic amines is 1. The van der Waals surface area contributed by atoms with Gasteiger partial charge in [-0.05, 0) is 43.3 Å². The van der Waals surface area contributed by atoms with Crippen molar-refractivity contribution in [2.75, 3.05) is 5.32 Å². The van der Waals surface area contributed by atoms with Gasteiger partial charge in [0.2, 0.25) is 0 Å². The summed E-state index contributed by atoms with van der Waals surface area (Å²) in [6.45, 7) is 2.32. The van der Waals surface area contributed by atoms with E-state index in [1.165, 1.54) is 6.07 Å². The monoisotopic (exact) mass is 412 g/mol. The van der Waals surface area contributed by atoms with Gasteiger partial charge in [-0.3, -0.25) is 9.67 Å². The average molecular weight is 412 g/mol. The van der Waals surface area contributed by atoms with E-state index in [4.69, 9.17) is 4.98 Å². The fourth-order valence-corrected chi connectivity index (χ4v) is 3.68. The number of fused-ring (bicyclic) bond motifs is 1. The maximum absolute atomic E-state index is 14.0. The highest BCUT2D eigenvalue weighted by atomic mass is 19.1. The van der Waals surface area contributed by atoms with Gasteiger partial charge in [0.05, 0.1) is 41.0 Å². The van der Waals surface area contributed by atoms with Crippen LogP contribution in [0.4, 0.5) is 10.1 Å². The molecule has 6 nitrogen and oxygen atoms in total. The second-order valence-corrected chi connectivity index (χ2v) is 7.45. The molecule has 0 fully saturated rings. The van der Waals surface area contributed by atoms with E-state index in [2.05, 4.69) is 26.4 Å². The molecule has 0 amide bonds. The number of para-hydroxylation sites is 1. The summed E-state index contributed by atoms with van der Waals surface area (Å²) in [5.41, 5.74) is 5.82. The van der Waals surface area contributed by atoms with E-state index < -0.39 is 0 Å². The van der Waals surface area contributed by atoms with Gasteiger partial charge >= 0.3 is 0 Å². The lowest BCUT2D eigenvalue weighted by molar-refractivity contribution is 0.630. The third-order valence-electron chi connectivity index (χ3n) is 5.24. The Bertz CT molecular complexity index is 1380. The number of hydrogen-bond donors (Lipinski definition) is 2. The molecule has 0 unspecified atom stereocenters. The molecule has 3 heterocycles. The summed E-state index contributed by atoms with van der Waals surface area (Å²) in [5, 5.41) is 8.48. The first-order chi connectivity index (χ1) is 15.1. The molecule has 31 heavy (non-hydrogen) atoms. The van der Waals surface area contributed by atoms with Crippen molar-refractivity contribution in [3.8, 4) is 22.6 Å². The van der Waals surface area contributed by atoms with Gasteiger partial charge in [-0.15, -0.1) is 0 Å². The van der Waals surface area contributed by atoms with Crippen LogP contribution in [0.25, 0.3) is 33.5 Å². The number of pyridine rings is 1. The molecular weight excluding hydrogens is 391 g/mol. The second kappa shape index (κ2) is 7.68. The van der Waals surface area contributed by atoms with Gasteiger partial charge in [0.1, 0.15) is 11.6 Å². The molecule has 5 aromatic rings. The number of H-pyrrole nitrogens is 1. The van der Waals surface area contributed by atoms with Gasteiger partial charge < -0.3 is 10.3 Å². The molecule has 0 bridgehead atoms. The Kier molecular flexibility index (Phi) is 4.71. The van der Waals surface area contributed by atoms with E-state index in [1.807, 2.05) is 55.2 Å². The molecule has 0 aliphatic carbocycles. The molecule has 0 atom stereocenters. The zero-order valence-electron chi connectivity index (χ0n) is 17.2. The Morgan fingerprint density at radius 2 is 1.90 bits per heavy atom. The lowest BCUT2D eigenvalue weighted by atomic mass is 10.1. The molecule has 0 saturated heterocycles. The SMILES string of the molecule is Cc1cccc(-c2[nH]c(CNc3ccccc3F)nc2-c2ccc3c(cnn3C)c2)n1. The van der Waals surface area contributed by atoms with Crippen molar-refractivity contribution in [1.82, 2.24) is 24.7 Å². The molecule has 5 rings (SSSR count). The van der Waals surface area contributed by atoms with Crippen LogP contribution in [0.15, 0.2) is 66.9 Å². The number of benzene rings is 2. The third-order valence-corrected chi connectivity index (χ3v) is 5.24. The van der Waals surface area contributed by atoms with Gasteiger partial charge in [-0.2, -0.15) is 5.10 Å². The number of anilines is 1. The molecular formula is C24H21FN6. The fraction of sp³-hybridized carbons (Fsp3) is 0.125. The summed E-state index contributed by atoms with van der Waals surface area (Å²) in [6, 6.07) is 18.6. The van der Waals surface area contributed by atoms with E-state index in [0.717, 1.165) is 39.2 Å². The van der Waals surface area contributed by atoms with Crippen molar-refractivity contribution < 1.29 is 4.39 Å². The molecule has 0 aliphatic rings. The topological polar surface area (TPSA) is 71.4 Å². The van der Waals surface area contributed by atoms with Crippen molar-refractivity contribution in [1.29, 1.82) is 0 Å². The Morgan fingerprint density at radius 1 is 1.03 bits per heavy atom. The smallest absolute Gasteiger partial charge is 0.146 e. The zero-order chi connectivity index (χ0) is 21.4. The number of nitrogens with zero attached hydrogens (tertiary/aromatic N) is 4.